The zero-order chi connectivity index (χ0) is 11.5. The number of benzene rings is 1. The van der Waals surface area contributed by atoms with E-state index in [4.69, 9.17) is 4.74 Å². The number of ether oxygens (including phenoxy) is 1. The van der Waals surface area contributed by atoms with Gasteiger partial charge in [0.25, 0.3) is 0 Å². The highest BCUT2D eigenvalue weighted by Crippen LogP contribution is 2.16. The second-order valence-electron chi connectivity index (χ2n) is 3.25. The summed E-state index contributed by atoms with van der Waals surface area (Å²) >= 11 is 2.24. The van der Waals surface area contributed by atoms with E-state index in [0.29, 0.717) is 12.3 Å². The van der Waals surface area contributed by atoms with Gasteiger partial charge in [-0.05, 0) is 53.8 Å². The molecule has 1 aromatic heterocycles. The van der Waals surface area contributed by atoms with Crippen LogP contribution in [0.3, 0.4) is 0 Å². The Labute approximate surface area is 107 Å². The van der Waals surface area contributed by atoms with Gasteiger partial charge in [0, 0.05) is 8.96 Å². The van der Waals surface area contributed by atoms with Gasteiger partial charge in [-0.25, -0.2) is 9.78 Å². The number of esters is 1. The molecule has 2 aromatic rings. The summed E-state index contributed by atoms with van der Waals surface area (Å²) in [5, 5.41) is 1.03. The molecule has 0 atom stereocenters. The fourth-order valence-corrected chi connectivity index (χ4v) is 1.93. The summed E-state index contributed by atoms with van der Waals surface area (Å²) in [6, 6.07) is 9.47. The van der Waals surface area contributed by atoms with E-state index in [1.54, 1.807) is 13.0 Å². The van der Waals surface area contributed by atoms with Crippen LogP contribution in [0.4, 0.5) is 0 Å². The van der Waals surface area contributed by atoms with Crippen LogP contribution in [0, 0.1) is 3.57 Å². The first-order valence-corrected chi connectivity index (χ1v) is 6.02. The van der Waals surface area contributed by atoms with Gasteiger partial charge in [0.1, 0.15) is 5.69 Å². The zero-order valence-corrected chi connectivity index (χ0v) is 10.9. The predicted molar refractivity (Wildman–Crippen MR) is 70.4 cm³/mol. The van der Waals surface area contributed by atoms with Gasteiger partial charge in [0.2, 0.25) is 0 Å². The number of hydrogen-bond acceptors (Lipinski definition) is 3. The lowest BCUT2D eigenvalue weighted by atomic mass is 10.2. The third kappa shape index (κ3) is 2.32. The van der Waals surface area contributed by atoms with Crippen molar-refractivity contribution in [2.75, 3.05) is 6.61 Å². The van der Waals surface area contributed by atoms with E-state index in [9.17, 15) is 4.79 Å². The van der Waals surface area contributed by atoms with Crippen LogP contribution in [-0.2, 0) is 4.74 Å². The average Bonchev–Trinajstić information content (AvgIpc) is 2.28. The molecule has 0 amide bonds. The molecule has 1 aromatic carbocycles. The van der Waals surface area contributed by atoms with Crippen molar-refractivity contribution < 1.29 is 9.53 Å². The summed E-state index contributed by atoms with van der Waals surface area (Å²) in [5.74, 6) is -0.372. The molecule has 0 unspecified atom stereocenters. The summed E-state index contributed by atoms with van der Waals surface area (Å²) in [6.07, 6.45) is 0. The fourth-order valence-electron chi connectivity index (χ4n) is 1.42. The van der Waals surface area contributed by atoms with Crippen molar-refractivity contribution >= 4 is 39.5 Å². The van der Waals surface area contributed by atoms with Gasteiger partial charge in [-0.1, -0.05) is 6.07 Å². The zero-order valence-electron chi connectivity index (χ0n) is 8.74. The van der Waals surface area contributed by atoms with Crippen molar-refractivity contribution in [2.45, 2.75) is 6.92 Å². The molecule has 0 saturated carbocycles. The predicted octanol–water partition coefficient (Wildman–Crippen LogP) is 3.02. The van der Waals surface area contributed by atoms with E-state index < -0.39 is 0 Å². The molecule has 2 rings (SSSR count). The van der Waals surface area contributed by atoms with Crippen LogP contribution >= 0.6 is 22.6 Å². The summed E-state index contributed by atoms with van der Waals surface area (Å²) in [4.78, 5) is 15.7. The Hall–Kier alpha value is -1.17. The minimum Gasteiger partial charge on any atom is -0.461 e. The molecular weight excluding hydrogens is 317 g/mol. The third-order valence-electron chi connectivity index (χ3n) is 2.14. The number of nitrogens with zero attached hydrogens (tertiary/aromatic N) is 1. The average molecular weight is 327 g/mol. The van der Waals surface area contributed by atoms with Crippen LogP contribution in [0.1, 0.15) is 17.4 Å². The first-order chi connectivity index (χ1) is 7.70. The quantitative estimate of drug-likeness (QED) is 0.629. The van der Waals surface area contributed by atoms with Gasteiger partial charge in [-0.3, -0.25) is 0 Å². The van der Waals surface area contributed by atoms with Crippen LogP contribution in [0.5, 0.6) is 0 Å². The van der Waals surface area contributed by atoms with E-state index >= 15 is 0 Å². The van der Waals surface area contributed by atoms with Gasteiger partial charge < -0.3 is 4.74 Å². The number of pyridine rings is 1. The monoisotopic (exact) mass is 327 g/mol. The molecule has 0 spiro atoms. The van der Waals surface area contributed by atoms with Crippen molar-refractivity contribution in [3.8, 4) is 0 Å². The Morgan fingerprint density at radius 1 is 1.38 bits per heavy atom. The standard InChI is InChI=1S/C12H10INO2/c1-2-16-12(15)11-5-3-8-7-9(13)4-6-10(8)14-11/h3-7H,2H2,1H3. The fraction of sp³-hybridized carbons (Fsp3) is 0.167. The first kappa shape index (κ1) is 11.3. The second kappa shape index (κ2) is 4.78. The molecular formula is C12H10INO2. The Morgan fingerprint density at radius 2 is 2.19 bits per heavy atom. The topological polar surface area (TPSA) is 39.2 Å². The number of aromatic nitrogens is 1. The van der Waals surface area contributed by atoms with Crippen molar-refractivity contribution in [2.24, 2.45) is 0 Å². The third-order valence-corrected chi connectivity index (χ3v) is 2.81. The van der Waals surface area contributed by atoms with Crippen molar-refractivity contribution in [1.82, 2.24) is 4.98 Å². The van der Waals surface area contributed by atoms with Crippen molar-refractivity contribution in [3.05, 3.63) is 39.6 Å². The number of carbonyl (C=O) groups is 1. The number of hydrogen-bond donors (Lipinski definition) is 0. The smallest absolute Gasteiger partial charge is 0.356 e. The van der Waals surface area contributed by atoms with Crippen molar-refractivity contribution in [3.63, 3.8) is 0 Å². The molecule has 4 heteroatoms. The van der Waals surface area contributed by atoms with Crippen LogP contribution in [0.25, 0.3) is 10.9 Å². The lowest BCUT2D eigenvalue weighted by molar-refractivity contribution is 0.0520. The number of carbonyl (C=O) groups excluding carboxylic acids is 1. The maximum absolute atomic E-state index is 11.5. The first-order valence-electron chi connectivity index (χ1n) is 4.94. The minimum absolute atomic E-state index is 0.357. The second-order valence-corrected chi connectivity index (χ2v) is 4.50. The Morgan fingerprint density at radius 3 is 2.94 bits per heavy atom. The highest BCUT2D eigenvalue weighted by atomic mass is 127. The number of halogens is 1. The van der Waals surface area contributed by atoms with Gasteiger partial charge >= 0.3 is 5.97 Å². The number of fused-ring (bicyclic) bond motifs is 1. The summed E-state index contributed by atoms with van der Waals surface area (Å²) in [5.41, 5.74) is 1.17. The molecule has 0 aliphatic heterocycles. The molecule has 0 aliphatic carbocycles. The van der Waals surface area contributed by atoms with Crippen LogP contribution in [0.2, 0.25) is 0 Å². The molecule has 0 bridgehead atoms. The molecule has 0 N–H and O–H groups in total. The maximum Gasteiger partial charge on any atom is 0.356 e. The minimum atomic E-state index is -0.372. The van der Waals surface area contributed by atoms with Crippen LogP contribution in [0.15, 0.2) is 30.3 Å². The highest BCUT2D eigenvalue weighted by molar-refractivity contribution is 14.1. The number of rotatable bonds is 2. The van der Waals surface area contributed by atoms with Crippen LogP contribution < -0.4 is 0 Å². The van der Waals surface area contributed by atoms with E-state index in [-0.39, 0.29) is 5.97 Å². The SMILES string of the molecule is CCOC(=O)c1ccc2cc(I)ccc2n1. The van der Waals surface area contributed by atoms with E-state index in [2.05, 4.69) is 27.6 Å². The molecule has 0 aliphatic rings. The Balaban J connectivity index is 2.44. The van der Waals surface area contributed by atoms with Gasteiger partial charge in [0.15, 0.2) is 0 Å². The lowest BCUT2D eigenvalue weighted by Gasteiger charge is -2.03. The van der Waals surface area contributed by atoms with Gasteiger partial charge in [-0.15, -0.1) is 0 Å². The summed E-state index contributed by atoms with van der Waals surface area (Å²) in [7, 11) is 0. The van der Waals surface area contributed by atoms with Gasteiger partial charge in [-0.2, -0.15) is 0 Å². The lowest BCUT2D eigenvalue weighted by Crippen LogP contribution is -2.06. The molecule has 0 saturated heterocycles. The van der Waals surface area contributed by atoms with Gasteiger partial charge in [0.05, 0.1) is 12.1 Å². The van der Waals surface area contributed by atoms with Crippen LogP contribution in [-0.4, -0.2) is 17.6 Å². The molecule has 1 heterocycles. The molecule has 3 nitrogen and oxygen atoms in total. The molecule has 0 fully saturated rings. The molecule has 0 radical (unpaired) electrons. The van der Waals surface area contributed by atoms with E-state index in [1.165, 1.54) is 0 Å². The summed E-state index contributed by atoms with van der Waals surface area (Å²) in [6.45, 7) is 2.15. The normalized spacial score (nSPS) is 10.4. The van der Waals surface area contributed by atoms with E-state index in [0.717, 1.165) is 14.5 Å². The molecule has 82 valence electrons. The van der Waals surface area contributed by atoms with Crippen molar-refractivity contribution in [1.29, 1.82) is 0 Å². The summed E-state index contributed by atoms with van der Waals surface area (Å²) < 4.78 is 6.05. The Kier molecular flexibility index (Phi) is 3.38. The maximum atomic E-state index is 11.5. The highest BCUT2D eigenvalue weighted by Gasteiger charge is 2.08. The van der Waals surface area contributed by atoms with E-state index in [1.807, 2.05) is 24.3 Å². The largest absolute Gasteiger partial charge is 0.461 e. The molecule has 16 heavy (non-hydrogen) atoms. The Bertz CT molecular complexity index is 540.